The molecule has 66 valence electrons. The van der Waals surface area contributed by atoms with Crippen LogP contribution in [0.15, 0.2) is 46.3 Å². The first kappa shape index (κ1) is 8.10. The number of hydrogen-bond acceptors (Lipinski definition) is 3. The van der Waals surface area contributed by atoms with Crippen molar-refractivity contribution in [1.82, 2.24) is 0 Å². The van der Waals surface area contributed by atoms with Crippen molar-refractivity contribution in [3.63, 3.8) is 0 Å². The molecule has 3 nitrogen and oxygen atoms in total. The number of carbonyl (C=O) groups excluding carboxylic acids is 1. The van der Waals surface area contributed by atoms with Gasteiger partial charge in [0.05, 0.1) is 5.70 Å². The minimum absolute atomic E-state index is 0.304. The summed E-state index contributed by atoms with van der Waals surface area (Å²) in [5.74, 6) is 0.304. The van der Waals surface area contributed by atoms with Crippen LogP contribution in [0.1, 0.15) is 6.42 Å². The molecule has 0 radical (unpaired) electrons. The molecule has 2 unspecified atom stereocenters. The third-order valence-corrected chi connectivity index (χ3v) is 2.15. The van der Waals surface area contributed by atoms with Crippen molar-refractivity contribution in [2.24, 2.45) is 16.1 Å². The standard InChI is InChI=1S/C10H10N2O/c13-7-9-6-10(12-11-9)8-4-2-1-3-5-8/h1-4,6-9H,5H2. The number of nitrogens with zero attached hydrogens (tertiary/aromatic N) is 2. The first-order valence-electron chi connectivity index (χ1n) is 4.31. The molecule has 1 heterocycles. The van der Waals surface area contributed by atoms with Gasteiger partial charge in [-0.25, -0.2) is 0 Å². The van der Waals surface area contributed by atoms with Gasteiger partial charge in [0.1, 0.15) is 12.3 Å². The van der Waals surface area contributed by atoms with E-state index in [2.05, 4.69) is 22.4 Å². The molecular weight excluding hydrogens is 164 g/mol. The summed E-state index contributed by atoms with van der Waals surface area (Å²) in [6, 6.07) is -0.352. The molecule has 1 aliphatic heterocycles. The van der Waals surface area contributed by atoms with Gasteiger partial charge in [-0.2, -0.15) is 10.2 Å². The van der Waals surface area contributed by atoms with Crippen LogP contribution in [0, 0.1) is 5.92 Å². The van der Waals surface area contributed by atoms with Crippen molar-refractivity contribution >= 4 is 6.29 Å². The Morgan fingerprint density at radius 2 is 2.38 bits per heavy atom. The SMILES string of the molecule is O=CC1C=C(C2C=CC=CC2)N=N1. The molecule has 0 bridgehead atoms. The van der Waals surface area contributed by atoms with Crippen molar-refractivity contribution in [3.05, 3.63) is 36.1 Å². The molecule has 0 spiro atoms. The topological polar surface area (TPSA) is 41.8 Å². The smallest absolute Gasteiger partial charge is 0.150 e. The van der Waals surface area contributed by atoms with Gasteiger partial charge in [0.25, 0.3) is 0 Å². The minimum Gasteiger partial charge on any atom is -0.301 e. The molecule has 2 atom stereocenters. The van der Waals surface area contributed by atoms with Crippen LogP contribution in [0.3, 0.4) is 0 Å². The maximum atomic E-state index is 10.4. The molecule has 0 aromatic heterocycles. The third kappa shape index (κ3) is 1.64. The zero-order chi connectivity index (χ0) is 9.10. The van der Waals surface area contributed by atoms with Crippen LogP contribution in [0.5, 0.6) is 0 Å². The van der Waals surface area contributed by atoms with E-state index in [0.717, 1.165) is 18.4 Å². The minimum atomic E-state index is -0.352. The van der Waals surface area contributed by atoms with Crippen LogP contribution in [0.2, 0.25) is 0 Å². The van der Waals surface area contributed by atoms with Crippen molar-refractivity contribution in [3.8, 4) is 0 Å². The molecule has 1 aliphatic carbocycles. The number of aldehydes is 1. The van der Waals surface area contributed by atoms with E-state index >= 15 is 0 Å². The fourth-order valence-electron chi connectivity index (χ4n) is 1.44. The van der Waals surface area contributed by atoms with Gasteiger partial charge in [-0.1, -0.05) is 24.3 Å². The second-order valence-corrected chi connectivity index (χ2v) is 3.09. The molecule has 0 aromatic rings. The Hall–Kier alpha value is -1.51. The van der Waals surface area contributed by atoms with Crippen molar-refractivity contribution in [2.45, 2.75) is 12.5 Å². The predicted octanol–water partition coefficient (Wildman–Crippen LogP) is 2.04. The van der Waals surface area contributed by atoms with Crippen molar-refractivity contribution < 1.29 is 4.79 Å². The van der Waals surface area contributed by atoms with Gasteiger partial charge < -0.3 is 4.79 Å². The zero-order valence-electron chi connectivity index (χ0n) is 7.13. The fraction of sp³-hybridized carbons (Fsp3) is 0.300. The monoisotopic (exact) mass is 174 g/mol. The highest BCUT2D eigenvalue weighted by molar-refractivity contribution is 5.62. The first-order valence-corrected chi connectivity index (χ1v) is 4.31. The summed E-state index contributed by atoms with van der Waals surface area (Å²) in [5, 5.41) is 7.80. The van der Waals surface area contributed by atoms with Gasteiger partial charge in [-0.15, -0.1) is 0 Å². The Bertz CT molecular complexity index is 326. The lowest BCUT2D eigenvalue weighted by molar-refractivity contribution is -0.108. The van der Waals surface area contributed by atoms with Gasteiger partial charge >= 0.3 is 0 Å². The highest BCUT2D eigenvalue weighted by Gasteiger charge is 2.18. The van der Waals surface area contributed by atoms with E-state index in [0.29, 0.717) is 5.92 Å². The van der Waals surface area contributed by atoms with Crippen LogP contribution >= 0.6 is 0 Å². The largest absolute Gasteiger partial charge is 0.301 e. The summed E-state index contributed by atoms with van der Waals surface area (Å²) in [6.07, 6.45) is 11.8. The first-order chi connectivity index (χ1) is 6.40. The fourth-order valence-corrected chi connectivity index (χ4v) is 1.44. The molecule has 2 rings (SSSR count). The van der Waals surface area contributed by atoms with Crippen LogP contribution in [0.4, 0.5) is 0 Å². The van der Waals surface area contributed by atoms with Crippen molar-refractivity contribution in [2.75, 3.05) is 0 Å². The second kappa shape index (κ2) is 3.47. The summed E-state index contributed by atoms with van der Waals surface area (Å²) in [5.41, 5.74) is 0.915. The number of rotatable bonds is 2. The molecule has 0 saturated carbocycles. The van der Waals surface area contributed by atoms with Gasteiger partial charge in [-0.05, 0) is 12.5 Å². The van der Waals surface area contributed by atoms with E-state index < -0.39 is 0 Å². The quantitative estimate of drug-likeness (QED) is 0.590. The summed E-state index contributed by atoms with van der Waals surface area (Å²) >= 11 is 0. The molecular formula is C10H10N2O. The highest BCUT2D eigenvalue weighted by Crippen LogP contribution is 2.26. The van der Waals surface area contributed by atoms with E-state index in [1.807, 2.05) is 18.2 Å². The Kier molecular flexibility index (Phi) is 2.17. The number of hydrogen-bond donors (Lipinski definition) is 0. The summed E-state index contributed by atoms with van der Waals surface area (Å²) in [4.78, 5) is 10.4. The molecule has 2 aliphatic rings. The van der Waals surface area contributed by atoms with E-state index in [9.17, 15) is 4.79 Å². The van der Waals surface area contributed by atoms with Crippen LogP contribution < -0.4 is 0 Å². The van der Waals surface area contributed by atoms with Gasteiger partial charge in [0.2, 0.25) is 0 Å². The lowest BCUT2D eigenvalue weighted by atomic mass is 9.97. The lowest BCUT2D eigenvalue weighted by Crippen LogP contribution is -2.01. The average molecular weight is 174 g/mol. The Morgan fingerprint density at radius 3 is 3.00 bits per heavy atom. The Balaban J connectivity index is 2.11. The molecule has 0 saturated heterocycles. The third-order valence-electron chi connectivity index (χ3n) is 2.15. The maximum absolute atomic E-state index is 10.4. The van der Waals surface area contributed by atoms with Crippen LogP contribution in [0.25, 0.3) is 0 Å². The highest BCUT2D eigenvalue weighted by atomic mass is 16.1. The average Bonchev–Trinajstić information content (AvgIpc) is 2.67. The van der Waals surface area contributed by atoms with E-state index in [4.69, 9.17) is 0 Å². The molecule has 0 N–H and O–H groups in total. The molecule has 0 fully saturated rings. The molecule has 0 aromatic carbocycles. The molecule has 13 heavy (non-hydrogen) atoms. The summed E-state index contributed by atoms with van der Waals surface area (Å²) in [7, 11) is 0. The lowest BCUT2D eigenvalue weighted by Gasteiger charge is -2.09. The Labute approximate surface area is 76.6 Å². The Morgan fingerprint density at radius 1 is 1.46 bits per heavy atom. The van der Waals surface area contributed by atoms with E-state index in [1.165, 1.54) is 0 Å². The predicted molar refractivity (Wildman–Crippen MR) is 49.2 cm³/mol. The molecule has 3 heteroatoms. The zero-order valence-corrected chi connectivity index (χ0v) is 7.13. The van der Waals surface area contributed by atoms with E-state index in [-0.39, 0.29) is 6.04 Å². The van der Waals surface area contributed by atoms with Gasteiger partial charge in [0, 0.05) is 5.92 Å². The summed E-state index contributed by atoms with van der Waals surface area (Å²) < 4.78 is 0. The molecule has 0 amide bonds. The van der Waals surface area contributed by atoms with Crippen LogP contribution in [-0.2, 0) is 4.79 Å². The normalized spacial score (nSPS) is 30.6. The number of carbonyl (C=O) groups is 1. The second-order valence-electron chi connectivity index (χ2n) is 3.09. The van der Waals surface area contributed by atoms with Gasteiger partial charge in [0.15, 0.2) is 0 Å². The van der Waals surface area contributed by atoms with Gasteiger partial charge in [-0.3, -0.25) is 0 Å². The van der Waals surface area contributed by atoms with Crippen LogP contribution in [-0.4, -0.2) is 12.3 Å². The number of allylic oxidation sites excluding steroid dienone is 4. The summed E-state index contributed by atoms with van der Waals surface area (Å²) in [6.45, 7) is 0. The van der Waals surface area contributed by atoms with Crippen molar-refractivity contribution in [1.29, 1.82) is 0 Å². The number of azo groups is 1. The maximum Gasteiger partial charge on any atom is 0.150 e. The van der Waals surface area contributed by atoms with E-state index in [1.54, 1.807) is 0 Å².